The number of allylic oxidation sites excluding steroid dienone is 1. The molecule has 0 aromatic carbocycles. The van der Waals surface area contributed by atoms with Gasteiger partial charge in [-0.25, -0.2) is 0 Å². The first kappa shape index (κ1) is 9.92. The van der Waals surface area contributed by atoms with Crippen LogP contribution in [0.25, 0.3) is 0 Å². The van der Waals surface area contributed by atoms with Crippen molar-refractivity contribution in [1.82, 2.24) is 0 Å². The molecule has 0 aliphatic rings. The van der Waals surface area contributed by atoms with E-state index in [2.05, 4.69) is 6.58 Å². The van der Waals surface area contributed by atoms with Crippen LogP contribution in [0.1, 0.15) is 25.7 Å². The lowest BCUT2D eigenvalue weighted by atomic mass is 10.2. The average molecular weight is 158 g/mol. The van der Waals surface area contributed by atoms with Crippen molar-refractivity contribution in [3.63, 3.8) is 0 Å². The monoisotopic (exact) mass is 158 g/mol. The van der Waals surface area contributed by atoms with Gasteiger partial charge in [-0.3, -0.25) is 0 Å². The van der Waals surface area contributed by atoms with Gasteiger partial charge >= 0.3 is 0 Å². The Labute approximate surface area is 66.9 Å². The maximum atomic E-state index is 5.25. The molecule has 0 saturated heterocycles. The van der Waals surface area contributed by atoms with Crippen molar-refractivity contribution in [2.75, 3.05) is 12.8 Å². The molecule has 0 aromatic heterocycles. The molecule has 0 rings (SSSR count). The quantitative estimate of drug-likeness (QED) is 0.306. The van der Waals surface area contributed by atoms with Gasteiger partial charge in [-0.1, -0.05) is 12.5 Å². The minimum absolute atomic E-state index is 0.959. The first-order valence-corrected chi connectivity index (χ1v) is 5.52. The molecule has 0 aliphatic carbocycles. The van der Waals surface area contributed by atoms with Gasteiger partial charge in [-0.2, -0.15) is 0 Å². The standard InChI is InChI=1S/C8H18OSi/c1-2-3-4-5-6-7-9-8-10/h2H,1,3-8H2,10H3. The van der Waals surface area contributed by atoms with Gasteiger partial charge in [0.15, 0.2) is 0 Å². The van der Waals surface area contributed by atoms with Crippen molar-refractivity contribution in [3.8, 4) is 0 Å². The second kappa shape index (κ2) is 8.92. The van der Waals surface area contributed by atoms with E-state index in [1.54, 1.807) is 0 Å². The van der Waals surface area contributed by atoms with Crippen LogP contribution in [0.2, 0.25) is 0 Å². The molecule has 0 fully saturated rings. The first-order valence-electron chi connectivity index (χ1n) is 4.10. The van der Waals surface area contributed by atoms with Crippen LogP contribution in [-0.2, 0) is 4.74 Å². The molecule has 0 saturated carbocycles. The van der Waals surface area contributed by atoms with Crippen LogP contribution in [0.4, 0.5) is 0 Å². The van der Waals surface area contributed by atoms with Crippen LogP contribution in [0.15, 0.2) is 12.7 Å². The summed E-state index contributed by atoms with van der Waals surface area (Å²) in [5, 5.41) is 0. The Morgan fingerprint density at radius 1 is 1.30 bits per heavy atom. The van der Waals surface area contributed by atoms with Gasteiger partial charge in [0.05, 0.1) is 0 Å². The predicted octanol–water partition coefficient (Wildman–Crippen LogP) is 1.07. The van der Waals surface area contributed by atoms with Crippen LogP contribution >= 0.6 is 0 Å². The van der Waals surface area contributed by atoms with Gasteiger partial charge in [0.1, 0.15) is 0 Å². The Morgan fingerprint density at radius 3 is 2.70 bits per heavy atom. The van der Waals surface area contributed by atoms with Crippen LogP contribution < -0.4 is 0 Å². The van der Waals surface area contributed by atoms with E-state index >= 15 is 0 Å². The summed E-state index contributed by atoms with van der Waals surface area (Å²) >= 11 is 0. The number of rotatable bonds is 7. The van der Waals surface area contributed by atoms with Gasteiger partial charge in [0.2, 0.25) is 0 Å². The Bertz CT molecular complexity index is 73.7. The third kappa shape index (κ3) is 7.92. The van der Waals surface area contributed by atoms with E-state index in [0.717, 1.165) is 19.3 Å². The van der Waals surface area contributed by atoms with Crippen molar-refractivity contribution < 1.29 is 4.74 Å². The molecule has 60 valence electrons. The molecule has 0 heterocycles. The van der Waals surface area contributed by atoms with Gasteiger partial charge in [-0.05, 0) is 19.3 Å². The zero-order chi connectivity index (χ0) is 7.66. The molecular weight excluding hydrogens is 140 g/mol. The molecule has 0 unspecified atom stereocenters. The van der Waals surface area contributed by atoms with E-state index in [1.165, 1.54) is 29.5 Å². The van der Waals surface area contributed by atoms with Gasteiger partial charge in [-0.15, -0.1) is 6.58 Å². The van der Waals surface area contributed by atoms with E-state index in [-0.39, 0.29) is 0 Å². The van der Waals surface area contributed by atoms with E-state index in [1.807, 2.05) is 6.08 Å². The summed E-state index contributed by atoms with van der Waals surface area (Å²) in [4.78, 5) is 0. The summed E-state index contributed by atoms with van der Waals surface area (Å²) in [5.41, 5.74) is 0. The number of hydrogen-bond acceptors (Lipinski definition) is 1. The Balaban J connectivity index is 2.70. The highest BCUT2D eigenvalue weighted by Crippen LogP contribution is 1.99. The smallest absolute Gasteiger partial charge is 0.0461 e. The minimum atomic E-state index is 0.959. The molecule has 0 spiro atoms. The first-order chi connectivity index (χ1) is 4.91. The Kier molecular flexibility index (Phi) is 8.84. The maximum absolute atomic E-state index is 5.25. The van der Waals surface area contributed by atoms with Crippen molar-refractivity contribution in [1.29, 1.82) is 0 Å². The molecule has 1 nitrogen and oxygen atoms in total. The average Bonchev–Trinajstić information content (AvgIpc) is 1.97. The molecule has 0 aromatic rings. The Morgan fingerprint density at radius 2 is 2.10 bits per heavy atom. The lowest BCUT2D eigenvalue weighted by Crippen LogP contribution is -1.95. The topological polar surface area (TPSA) is 9.23 Å². The highest BCUT2D eigenvalue weighted by Gasteiger charge is 1.86. The summed E-state index contributed by atoms with van der Waals surface area (Å²) in [6.07, 6.45) is 7.90. The fourth-order valence-corrected chi connectivity index (χ4v) is 1.10. The molecule has 0 atom stereocenters. The molecule has 0 amide bonds. The normalized spacial score (nSPS) is 10.0. The third-order valence-corrected chi connectivity index (χ3v) is 1.81. The summed E-state index contributed by atoms with van der Waals surface area (Å²) < 4.78 is 5.25. The fourth-order valence-electron chi connectivity index (χ4n) is 0.814. The number of ether oxygens (including phenoxy) is 1. The minimum Gasteiger partial charge on any atom is -0.386 e. The SMILES string of the molecule is C=CCCCCCOC[SiH3]. The molecule has 0 radical (unpaired) electrons. The van der Waals surface area contributed by atoms with Gasteiger partial charge in [0.25, 0.3) is 0 Å². The highest BCUT2D eigenvalue weighted by atomic mass is 28.1. The van der Waals surface area contributed by atoms with Crippen molar-refractivity contribution in [3.05, 3.63) is 12.7 Å². The number of hydrogen-bond donors (Lipinski definition) is 0. The Hall–Kier alpha value is -0.0831. The van der Waals surface area contributed by atoms with Gasteiger partial charge in [0, 0.05) is 23.1 Å². The van der Waals surface area contributed by atoms with E-state index in [0.29, 0.717) is 0 Å². The van der Waals surface area contributed by atoms with Crippen LogP contribution in [0, 0.1) is 0 Å². The second-order valence-corrected chi connectivity index (χ2v) is 2.91. The molecule has 2 heteroatoms. The lowest BCUT2D eigenvalue weighted by molar-refractivity contribution is 0.173. The molecule has 0 aliphatic heterocycles. The summed E-state index contributed by atoms with van der Waals surface area (Å²) in [7, 11) is 1.17. The fraction of sp³-hybridized carbons (Fsp3) is 0.750. The highest BCUT2D eigenvalue weighted by molar-refractivity contribution is 6.08. The third-order valence-electron chi connectivity index (χ3n) is 1.40. The van der Waals surface area contributed by atoms with E-state index in [9.17, 15) is 0 Å². The van der Waals surface area contributed by atoms with Crippen molar-refractivity contribution >= 4 is 10.2 Å². The zero-order valence-corrected chi connectivity index (χ0v) is 8.94. The zero-order valence-electron chi connectivity index (χ0n) is 6.94. The molecule has 0 bridgehead atoms. The second-order valence-electron chi connectivity index (χ2n) is 2.33. The van der Waals surface area contributed by atoms with E-state index in [4.69, 9.17) is 4.74 Å². The molecular formula is C8H18OSi. The van der Waals surface area contributed by atoms with E-state index < -0.39 is 0 Å². The summed E-state index contributed by atoms with van der Waals surface area (Å²) in [6, 6.07) is 0. The van der Waals surface area contributed by atoms with Gasteiger partial charge < -0.3 is 4.74 Å². The van der Waals surface area contributed by atoms with Crippen LogP contribution in [0.5, 0.6) is 0 Å². The van der Waals surface area contributed by atoms with Crippen molar-refractivity contribution in [2.24, 2.45) is 0 Å². The predicted molar refractivity (Wildman–Crippen MR) is 49.4 cm³/mol. The number of unbranched alkanes of at least 4 members (excludes halogenated alkanes) is 3. The largest absolute Gasteiger partial charge is 0.386 e. The summed E-state index contributed by atoms with van der Waals surface area (Å²) in [5.74, 6) is 0. The lowest BCUT2D eigenvalue weighted by Gasteiger charge is -1.98. The van der Waals surface area contributed by atoms with Crippen LogP contribution in [-0.4, -0.2) is 23.1 Å². The molecule has 0 N–H and O–H groups in total. The summed E-state index contributed by atoms with van der Waals surface area (Å²) in [6.45, 7) is 4.63. The maximum Gasteiger partial charge on any atom is 0.0461 e. The molecule has 10 heavy (non-hydrogen) atoms. The van der Waals surface area contributed by atoms with Crippen LogP contribution in [0.3, 0.4) is 0 Å². The van der Waals surface area contributed by atoms with Crippen molar-refractivity contribution in [2.45, 2.75) is 25.7 Å².